The van der Waals surface area contributed by atoms with E-state index in [1.54, 1.807) is 5.19 Å². The monoisotopic (exact) mass is 456 g/mol. The molecule has 5 rings (SSSR count). The van der Waals surface area contributed by atoms with Gasteiger partial charge >= 0.3 is 0 Å². The lowest BCUT2D eigenvalue weighted by Crippen LogP contribution is -2.57. The number of benzene rings is 1. The summed E-state index contributed by atoms with van der Waals surface area (Å²) >= 11 is 0. The molecule has 6 unspecified atom stereocenters. The fraction of sp³-hybridized carbons (Fsp3) is 0.562. The zero-order valence-electron chi connectivity index (χ0n) is 20.7. The molecule has 0 bridgehead atoms. The second kappa shape index (κ2) is 10.8. The van der Waals surface area contributed by atoms with Gasteiger partial charge in [-0.3, -0.25) is 0 Å². The Balaban J connectivity index is 1.51. The van der Waals surface area contributed by atoms with Crippen molar-refractivity contribution in [2.75, 3.05) is 0 Å². The van der Waals surface area contributed by atoms with E-state index in [9.17, 15) is 0 Å². The lowest BCUT2D eigenvalue weighted by atomic mass is 9.91. The molecule has 4 aliphatic rings. The van der Waals surface area contributed by atoms with Crippen molar-refractivity contribution in [1.82, 2.24) is 0 Å². The zero-order chi connectivity index (χ0) is 22.5. The lowest BCUT2D eigenvalue weighted by Gasteiger charge is -2.48. The highest BCUT2D eigenvalue weighted by Crippen LogP contribution is 2.60. The molecule has 1 heteroatoms. The lowest BCUT2D eigenvalue weighted by molar-refractivity contribution is 0.514. The van der Waals surface area contributed by atoms with Gasteiger partial charge in [-0.05, 0) is 47.6 Å². The molecule has 0 radical (unpaired) electrons. The van der Waals surface area contributed by atoms with E-state index < -0.39 is 8.07 Å². The molecular formula is C32H44Si. The minimum Gasteiger partial charge on any atom is -0.0808 e. The van der Waals surface area contributed by atoms with Crippen LogP contribution in [-0.4, -0.2) is 8.07 Å². The van der Waals surface area contributed by atoms with Crippen LogP contribution in [-0.2, 0) is 0 Å². The van der Waals surface area contributed by atoms with Gasteiger partial charge in [-0.25, -0.2) is 0 Å². The summed E-state index contributed by atoms with van der Waals surface area (Å²) in [6, 6.07) is 13.6. The first-order valence-corrected chi connectivity index (χ1v) is 16.5. The minimum absolute atomic E-state index is 0.782. The largest absolute Gasteiger partial charge is 0.0940 e. The molecule has 0 spiro atoms. The molecule has 0 amide bonds. The highest BCUT2D eigenvalue weighted by molar-refractivity contribution is 6.94. The van der Waals surface area contributed by atoms with Crippen LogP contribution in [0, 0.1) is 23.7 Å². The van der Waals surface area contributed by atoms with Crippen molar-refractivity contribution < 1.29 is 0 Å². The van der Waals surface area contributed by atoms with Crippen LogP contribution in [0.3, 0.4) is 0 Å². The Morgan fingerprint density at radius 2 is 1.18 bits per heavy atom. The number of allylic oxidation sites excluding steroid dienone is 8. The molecule has 4 aliphatic carbocycles. The van der Waals surface area contributed by atoms with Gasteiger partial charge in [-0.1, -0.05) is 148 Å². The van der Waals surface area contributed by atoms with Gasteiger partial charge in [-0.15, -0.1) is 0 Å². The highest BCUT2D eigenvalue weighted by atomic mass is 28.3. The van der Waals surface area contributed by atoms with Crippen LogP contribution in [0.2, 0.25) is 17.1 Å². The van der Waals surface area contributed by atoms with Gasteiger partial charge in [0.25, 0.3) is 0 Å². The molecule has 6 atom stereocenters. The molecule has 1 aromatic carbocycles. The molecule has 1 aromatic rings. The van der Waals surface area contributed by atoms with Crippen molar-refractivity contribution in [3.05, 3.63) is 78.9 Å². The second-order valence-electron chi connectivity index (χ2n) is 11.3. The van der Waals surface area contributed by atoms with Gasteiger partial charge in [0, 0.05) is 0 Å². The zero-order valence-corrected chi connectivity index (χ0v) is 21.7. The summed E-state index contributed by atoms with van der Waals surface area (Å²) in [4.78, 5) is 0. The third-order valence-corrected chi connectivity index (χ3v) is 16.3. The van der Waals surface area contributed by atoms with Gasteiger partial charge in [-0.2, -0.15) is 0 Å². The average molecular weight is 457 g/mol. The van der Waals surface area contributed by atoms with Crippen molar-refractivity contribution in [2.45, 2.75) is 88.3 Å². The molecule has 0 aliphatic heterocycles. The molecule has 0 saturated heterocycles. The Kier molecular flexibility index (Phi) is 7.55. The fourth-order valence-corrected chi connectivity index (χ4v) is 15.8. The maximum atomic E-state index is 2.62. The van der Waals surface area contributed by atoms with Crippen LogP contribution in [0.1, 0.15) is 71.1 Å². The molecule has 2 fully saturated rings. The van der Waals surface area contributed by atoms with E-state index in [0.29, 0.717) is 0 Å². The molecule has 2 saturated carbocycles. The molecule has 0 aromatic heterocycles. The predicted molar refractivity (Wildman–Crippen MR) is 147 cm³/mol. The first-order valence-electron chi connectivity index (χ1n) is 14.1. The summed E-state index contributed by atoms with van der Waals surface area (Å²) in [5.41, 5.74) is 1.81. The molecule has 0 nitrogen and oxygen atoms in total. The summed E-state index contributed by atoms with van der Waals surface area (Å²) in [5.74, 6) is 3.14. The van der Waals surface area contributed by atoms with E-state index in [-0.39, 0.29) is 0 Å². The van der Waals surface area contributed by atoms with Crippen LogP contribution in [0.4, 0.5) is 0 Å². The van der Waals surface area contributed by atoms with E-state index in [2.05, 4.69) is 85.9 Å². The number of hydrogen-bond acceptors (Lipinski definition) is 0. The summed E-state index contributed by atoms with van der Waals surface area (Å²) in [6.45, 7) is 2.33. The maximum Gasteiger partial charge on any atom is 0.0940 e. The van der Waals surface area contributed by atoms with E-state index in [1.807, 2.05) is 0 Å². The van der Waals surface area contributed by atoms with E-state index >= 15 is 0 Å². The van der Waals surface area contributed by atoms with Crippen LogP contribution < -0.4 is 5.19 Å². The van der Waals surface area contributed by atoms with Crippen LogP contribution in [0.15, 0.2) is 78.9 Å². The number of unbranched alkanes of at least 4 members (excludes halogenated alkanes) is 5. The first kappa shape index (κ1) is 23.2. The van der Waals surface area contributed by atoms with Gasteiger partial charge in [0.15, 0.2) is 0 Å². The number of hydrogen-bond donors (Lipinski definition) is 0. The predicted octanol–water partition coefficient (Wildman–Crippen LogP) is 8.75. The maximum absolute atomic E-state index is 2.62. The Hall–Kier alpha value is -1.60. The summed E-state index contributed by atoms with van der Waals surface area (Å²) < 4.78 is 0. The summed E-state index contributed by atoms with van der Waals surface area (Å²) in [5, 5.41) is 1.79. The fourth-order valence-electron chi connectivity index (χ4n) is 8.28. The van der Waals surface area contributed by atoms with E-state index in [1.165, 1.54) is 70.3 Å². The molecule has 176 valence electrons. The van der Waals surface area contributed by atoms with Crippen molar-refractivity contribution in [3.63, 3.8) is 0 Å². The summed E-state index contributed by atoms with van der Waals surface area (Å²) in [7, 11) is -1.76. The van der Waals surface area contributed by atoms with Crippen LogP contribution in [0.25, 0.3) is 0 Å². The topological polar surface area (TPSA) is 0 Å². The normalized spacial score (nSPS) is 33.7. The number of rotatable bonds is 10. The second-order valence-corrected chi connectivity index (χ2v) is 16.0. The SMILES string of the molecule is CCCCCCCC[Si](c1ccccc1)(C1CCC2C=CC=CC21)C1CCC2C=CC=CC21. The Bertz CT molecular complexity index is 831. The standard InChI is InChI=1S/C32H44Si/c1-2-3-4-5-6-14-25-33(28-17-8-7-9-18-28,31-23-21-26-15-10-12-19-29(26)31)32-24-22-27-16-11-13-20-30(27)32/h7-13,15-20,26-27,29-32H,2-6,14,21-25H2,1H3. The quantitative estimate of drug-likeness (QED) is 0.244. The van der Waals surface area contributed by atoms with Crippen molar-refractivity contribution in [1.29, 1.82) is 0 Å². The molecule has 0 heterocycles. The Morgan fingerprint density at radius 3 is 1.79 bits per heavy atom. The average Bonchev–Trinajstić information content (AvgIpc) is 3.50. The number of fused-ring (bicyclic) bond motifs is 2. The minimum atomic E-state index is -1.76. The van der Waals surface area contributed by atoms with Crippen molar-refractivity contribution in [3.8, 4) is 0 Å². The Labute approximate surface area is 204 Å². The van der Waals surface area contributed by atoms with E-state index in [4.69, 9.17) is 0 Å². The third-order valence-electron chi connectivity index (χ3n) is 9.72. The molecular weight excluding hydrogens is 412 g/mol. The smallest absolute Gasteiger partial charge is 0.0808 e. The van der Waals surface area contributed by atoms with Gasteiger partial charge in [0.05, 0.1) is 8.07 Å². The summed E-state index contributed by atoms with van der Waals surface area (Å²) in [6.07, 6.45) is 33.9. The van der Waals surface area contributed by atoms with Gasteiger partial charge in [0.2, 0.25) is 0 Å². The molecule has 33 heavy (non-hydrogen) atoms. The third kappa shape index (κ3) is 4.55. The van der Waals surface area contributed by atoms with Crippen LogP contribution >= 0.6 is 0 Å². The van der Waals surface area contributed by atoms with E-state index in [0.717, 1.165) is 34.8 Å². The van der Waals surface area contributed by atoms with Crippen molar-refractivity contribution >= 4 is 13.3 Å². The van der Waals surface area contributed by atoms with Gasteiger partial charge < -0.3 is 0 Å². The van der Waals surface area contributed by atoms with Crippen molar-refractivity contribution in [2.24, 2.45) is 23.7 Å². The highest BCUT2D eigenvalue weighted by Gasteiger charge is 2.57. The van der Waals surface area contributed by atoms with Crippen LogP contribution in [0.5, 0.6) is 0 Å². The first-order chi connectivity index (χ1) is 16.3. The van der Waals surface area contributed by atoms with Gasteiger partial charge in [0.1, 0.15) is 0 Å². The Morgan fingerprint density at radius 1 is 0.636 bits per heavy atom. The molecule has 0 N–H and O–H groups in total.